The van der Waals surface area contributed by atoms with Crippen LogP contribution in [0.3, 0.4) is 0 Å². The molecule has 3 heterocycles. The minimum atomic E-state index is -1.72. The van der Waals surface area contributed by atoms with Gasteiger partial charge in [0.15, 0.2) is 12.6 Å². The van der Waals surface area contributed by atoms with Gasteiger partial charge in [0.05, 0.1) is 43.7 Å². The first-order valence-corrected chi connectivity index (χ1v) is 20.9. The molecule has 13 nitrogen and oxygen atoms in total. The second-order valence-electron chi connectivity index (χ2n) is 21.0. The summed E-state index contributed by atoms with van der Waals surface area (Å²) in [4.78, 5) is 0. The van der Waals surface area contributed by atoms with Crippen LogP contribution in [0.1, 0.15) is 99.8 Å². The summed E-state index contributed by atoms with van der Waals surface area (Å²) in [6.07, 6.45) is -3.39. The molecule has 8 rings (SSSR count). The van der Waals surface area contributed by atoms with Gasteiger partial charge < -0.3 is 64.5 Å². The first-order valence-electron chi connectivity index (χ1n) is 20.9. The van der Waals surface area contributed by atoms with Gasteiger partial charge in [0.1, 0.15) is 42.7 Å². The molecule has 4 saturated carbocycles. The maximum atomic E-state index is 12.1. The van der Waals surface area contributed by atoms with Crippen molar-refractivity contribution in [3.05, 3.63) is 12.2 Å². The maximum absolute atomic E-state index is 12.1. The second kappa shape index (κ2) is 13.4. The second-order valence-corrected chi connectivity index (χ2v) is 21.0. The van der Waals surface area contributed by atoms with Crippen LogP contribution < -0.4 is 0 Å². The first kappa shape index (κ1) is 41.0. The number of aliphatic hydroxyl groups excluding tert-OH is 8. The smallest absolute Gasteiger partial charge is 0.187 e. The van der Waals surface area contributed by atoms with Gasteiger partial charge in [-0.15, -0.1) is 0 Å². The SMILES string of the molecule is C[C@H]1O[C@H](O[C@@H]2CC[C@@]3(C)[C@@H](CC[C@]4(C)[C@H]3C=C[C@@]35OC[C@@]6(CCC(C)(C)C[C@H]63)[C@@H](O)C[C@@]45C)[C@]2(C)CO)[C@@H](O)[C@@H](O[C@H]2O[C@H](CO)[C@@H](O)[C@@H](O)[C@H]2O)[C@H]1O. The van der Waals surface area contributed by atoms with Crippen LogP contribution in [0.25, 0.3) is 0 Å². The van der Waals surface area contributed by atoms with Crippen LogP contribution in [0.2, 0.25) is 0 Å². The lowest BCUT2D eigenvalue weighted by atomic mass is 9.32. The molecule has 0 aromatic carbocycles. The molecule has 2 bridgehead atoms. The van der Waals surface area contributed by atoms with Gasteiger partial charge in [-0.25, -0.2) is 0 Å². The van der Waals surface area contributed by atoms with E-state index in [2.05, 4.69) is 53.7 Å². The molecule has 8 aliphatic rings. The minimum absolute atomic E-state index is 0.0414. The predicted octanol–water partition coefficient (Wildman–Crippen LogP) is 1.78. The van der Waals surface area contributed by atoms with Crippen LogP contribution in [0.15, 0.2) is 12.2 Å². The highest BCUT2D eigenvalue weighted by Crippen LogP contribution is 2.79. The van der Waals surface area contributed by atoms with Crippen molar-refractivity contribution in [3.63, 3.8) is 0 Å². The number of ether oxygens (including phenoxy) is 5. The fourth-order valence-corrected chi connectivity index (χ4v) is 14.3. The summed E-state index contributed by atoms with van der Waals surface area (Å²) >= 11 is 0. The van der Waals surface area contributed by atoms with E-state index in [1.807, 2.05) is 0 Å². The van der Waals surface area contributed by atoms with Crippen molar-refractivity contribution in [2.24, 2.45) is 50.2 Å². The first-order chi connectivity index (χ1) is 25.7. The Morgan fingerprint density at radius 3 is 2.13 bits per heavy atom. The lowest BCUT2D eigenvalue weighted by Gasteiger charge is -2.73. The highest BCUT2D eigenvalue weighted by atomic mass is 16.7. The normalized spacial score (nSPS) is 59.7. The molecule has 55 heavy (non-hydrogen) atoms. The monoisotopic (exact) mass is 780 g/mol. The molecule has 314 valence electrons. The van der Waals surface area contributed by atoms with E-state index < -0.39 is 91.2 Å². The Hall–Kier alpha value is -0.780. The maximum Gasteiger partial charge on any atom is 0.187 e. The Kier molecular flexibility index (Phi) is 9.95. The summed E-state index contributed by atoms with van der Waals surface area (Å²) in [6.45, 7) is 15.4. The summed E-state index contributed by atoms with van der Waals surface area (Å²) < 4.78 is 31.2. The topological polar surface area (TPSA) is 208 Å². The molecule has 1 spiro atoms. The van der Waals surface area contributed by atoms with Gasteiger partial charge in [-0.05, 0) is 86.4 Å². The number of aliphatic hydroxyl groups is 8. The molecule has 3 saturated heterocycles. The molecule has 21 atom stereocenters. The van der Waals surface area contributed by atoms with Crippen molar-refractivity contribution < 1.29 is 64.5 Å². The van der Waals surface area contributed by atoms with Gasteiger partial charge in [0.25, 0.3) is 0 Å². The van der Waals surface area contributed by atoms with E-state index in [9.17, 15) is 40.9 Å². The fourth-order valence-electron chi connectivity index (χ4n) is 14.3. The highest BCUT2D eigenvalue weighted by Gasteiger charge is 2.79. The molecule has 0 unspecified atom stereocenters. The number of allylic oxidation sites excluding steroid dienone is 1. The van der Waals surface area contributed by atoms with E-state index in [4.69, 9.17) is 23.7 Å². The molecular weight excluding hydrogens is 712 g/mol. The summed E-state index contributed by atoms with van der Waals surface area (Å²) in [7, 11) is 0. The summed E-state index contributed by atoms with van der Waals surface area (Å²) in [6, 6.07) is 0. The van der Waals surface area contributed by atoms with Gasteiger partial charge in [-0.3, -0.25) is 0 Å². The number of hydrogen-bond donors (Lipinski definition) is 8. The minimum Gasteiger partial charge on any atom is -0.396 e. The van der Waals surface area contributed by atoms with Crippen LogP contribution >= 0.6 is 0 Å². The average molecular weight is 781 g/mol. The van der Waals surface area contributed by atoms with Gasteiger partial charge in [-0.1, -0.05) is 53.7 Å². The molecule has 7 fully saturated rings. The van der Waals surface area contributed by atoms with Crippen molar-refractivity contribution in [2.45, 2.75) is 179 Å². The van der Waals surface area contributed by atoms with E-state index in [0.717, 1.165) is 38.5 Å². The number of hydrogen-bond acceptors (Lipinski definition) is 13. The summed E-state index contributed by atoms with van der Waals surface area (Å²) in [5.41, 5.74) is -1.90. The van der Waals surface area contributed by atoms with Crippen LogP contribution in [0, 0.1) is 50.2 Å². The van der Waals surface area contributed by atoms with E-state index >= 15 is 0 Å². The standard InChI is InChI=1S/C42H68O13/c1-21-28(46)33(55-34-31(49)30(48)29(47)22(18-43)53-34)32(50)35(52-21)54-27-10-11-37(4)23(38(27,5)19-44)8-12-39(6)24(37)9-13-42-25-16-36(2,3)14-15-41(25,20-51-42)26(45)17-40(39,42)7/h9,13,21-35,43-50H,8,10-12,14-20H2,1-7H3/t21-,22-,23-,24+,25-,26+,27-,28+,29-,30-,31-,32+,33+,34-,35-,37+,38+,39-,40+,41-,42-/m1/s1. The number of rotatable bonds is 6. The molecule has 0 aromatic heterocycles. The van der Waals surface area contributed by atoms with E-state index in [0.29, 0.717) is 19.4 Å². The van der Waals surface area contributed by atoms with Crippen molar-refractivity contribution >= 4 is 0 Å². The van der Waals surface area contributed by atoms with Crippen LogP contribution in [0.4, 0.5) is 0 Å². The molecule has 0 aromatic rings. The van der Waals surface area contributed by atoms with Crippen molar-refractivity contribution in [1.82, 2.24) is 0 Å². The van der Waals surface area contributed by atoms with E-state index in [-0.39, 0.29) is 51.4 Å². The van der Waals surface area contributed by atoms with Crippen molar-refractivity contribution in [1.29, 1.82) is 0 Å². The Morgan fingerprint density at radius 1 is 0.727 bits per heavy atom. The Bertz CT molecular complexity index is 1490. The largest absolute Gasteiger partial charge is 0.396 e. The lowest BCUT2D eigenvalue weighted by Crippen LogP contribution is -2.72. The van der Waals surface area contributed by atoms with Crippen molar-refractivity contribution in [2.75, 3.05) is 19.8 Å². The molecular formula is C42H68O13. The Labute approximate surface area is 325 Å². The lowest BCUT2D eigenvalue weighted by molar-refractivity contribution is -0.367. The zero-order valence-corrected chi connectivity index (χ0v) is 33.7. The van der Waals surface area contributed by atoms with Crippen LogP contribution in [-0.2, 0) is 23.7 Å². The van der Waals surface area contributed by atoms with Crippen LogP contribution in [-0.4, -0.2) is 140 Å². The summed E-state index contributed by atoms with van der Waals surface area (Å²) in [5, 5.41) is 87.0. The third-order valence-electron chi connectivity index (χ3n) is 17.9. The summed E-state index contributed by atoms with van der Waals surface area (Å²) in [5.74, 6) is 0.449. The zero-order chi connectivity index (χ0) is 39.9. The number of fused-ring (bicyclic) bond motifs is 4. The molecule has 13 heteroatoms. The van der Waals surface area contributed by atoms with E-state index in [1.54, 1.807) is 6.92 Å². The average Bonchev–Trinajstić information content (AvgIpc) is 3.41. The molecule has 0 amide bonds. The fraction of sp³-hybridized carbons (Fsp3) is 0.952. The molecule has 3 aliphatic heterocycles. The van der Waals surface area contributed by atoms with Gasteiger partial charge >= 0.3 is 0 Å². The van der Waals surface area contributed by atoms with Gasteiger partial charge in [0, 0.05) is 22.2 Å². The quantitative estimate of drug-likeness (QED) is 0.143. The molecule has 5 aliphatic carbocycles. The predicted molar refractivity (Wildman–Crippen MR) is 197 cm³/mol. The zero-order valence-electron chi connectivity index (χ0n) is 33.7. The third kappa shape index (κ3) is 5.44. The molecule has 0 radical (unpaired) electrons. The van der Waals surface area contributed by atoms with E-state index in [1.165, 1.54) is 0 Å². The van der Waals surface area contributed by atoms with Crippen LogP contribution in [0.5, 0.6) is 0 Å². The van der Waals surface area contributed by atoms with Crippen molar-refractivity contribution in [3.8, 4) is 0 Å². The molecule has 8 N–H and O–H groups in total. The Morgan fingerprint density at radius 2 is 1.44 bits per heavy atom. The highest BCUT2D eigenvalue weighted by molar-refractivity contribution is 5.36. The third-order valence-corrected chi connectivity index (χ3v) is 17.9. The Balaban J connectivity index is 1.05. The van der Waals surface area contributed by atoms with Gasteiger partial charge in [0.2, 0.25) is 0 Å². The van der Waals surface area contributed by atoms with Gasteiger partial charge in [-0.2, -0.15) is 0 Å².